The number of hydrogen-bond donors (Lipinski definition) is 3. The third kappa shape index (κ3) is 3.42. The van der Waals surface area contributed by atoms with Crippen molar-refractivity contribution in [2.45, 2.75) is 37.1 Å². The van der Waals surface area contributed by atoms with E-state index in [-0.39, 0.29) is 28.7 Å². The van der Waals surface area contributed by atoms with Crippen LogP contribution in [-0.4, -0.2) is 43.7 Å². The molecule has 1 spiro atoms. The van der Waals surface area contributed by atoms with Gasteiger partial charge >= 0.3 is 6.18 Å². The highest BCUT2D eigenvalue weighted by atomic mass is 19.4. The highest BCUT2D eigenvalue weighted by molar-refractivity contribution is 6.04. The van der Waals surface area contributed by atoms with Crippen LogP contribution in [0.5, 0.6) is 5.75 Å². The van der Waals surface area contributed by atoms with Crippen molar-refractivity contribution in [3.63, 3.8) is 0 Å². The molecule has 31 heavy (non-hydrogen) atoms. The molecule has 2 aliphatic rings. The van der Waals surface area contributed by atoms with Gasteiger partial charge in [-0.1, -0.05) is 0 Å². The molecule has 5 rings (SSSR count). The van der Waals surface area contributed by atoms with Gasteiger partial charge < -0.3 is 21.1 Å². The number of alkyl halides is 3. The molecule has 9 nitrogen and oxygen atoms in total. The van der Waals surface area contributed by atoms with Gasteiger partial charge in [0.15, 0.2) is 11.5 Å². The van der Waals surface area contributed by atoms with Gasteiger partial charge in [-0.15, -0.1) is 5.10 Å². The Kier molecular flexibility index (Phi) is 4.29. The molecule has 3 aromatic heterocycles. The maximum Gasteiger partial charge on any atom is 0.433 e. The minimum atomic E-state index is -4.67. The van der Waals surface area contributed by atoms with E-state index < -0.39 is 17.8 Å². The number of pyridine rings is 1. The van der Waals surface area contributed by atoms with Crippen LogP contribution >= 0.6 is 0 Å². The van der Waals surface area contributed by atoms with Crippen LogP contribution in [-0.2, 0) is 6.18 Å². The monoisotopic (exact) mass is 433 g/mol. The quantitative estimate of drug-likeness (QED) is 0.565. The van der Waals surface area contributed by atoms with Gasteiger partial charge in [0.05, 0.1) is 6.20 Å². The smallest absolute Gasteiger partial charge is 0.433 e. The van der Waals surface area contributed by atoms with Gasteiger partial charge in [0.2, 0.25) is 0 Å². The Morgan fingerprint density at radius 1 is 1.35 bits per heavy atom. The molecule has 4 heterocycles. The van der Waals surface area contributed by atoms with E-state index in [1.54, 1.807) is 12.3 Å². The van der Waals surface area contributed by atoms with Crippen molar-refractivity contribution >= 4 is 23.1 Å². The summed E-state index contributed by atoms with van der Waals surface area (Å²) in [5, 5.41) is 10.5. The Labute approximate surface area is 173 Å². The number of aromatic nitrogens is 4. The zero-order chi connectivity index (χ0) is 21.8. The third-order valence-electron chi connectivity index (χ3n) is 5.69. The summed E-state index contributed by atoms with van der Waals surface area (Å²) < 4.78 is 46.3. The molecule has 162 valence electrons. The zero-order valence-electron chi connectivity index (χ0n) is 16.1. The van der Waals surface area contributed by atoms with Gasteiger partial charge in [-0.05, 0) is 19.0 Å². The second-order valence-electron chi connectivity index (χ2n) is 7.77. The van der Waals surface area contributed by atoms with Gasteiger partial charge in [-0.3, -0.25) is 9.78 Å². The van der Waals surface area contributed by atoms with Crippen molar-refractivity contribution in [3.05, 3.63) is 42.0 Å². The number of fused-ring (bicyclic) bond motifs is 1. The number of amides is 1. The summed E-state index contributed by atoms with van der Waals surface area (Å²) in [4.78, 5) is 19.6. The molecule has 12 heteroatoms. The van der Waals surface area contributed by atoms with E-state index in [0.29, 0.717) is 11.4 Å². The van der Waals surface area contributed by atoms with Crippen molar-refractivity contribution in [1.82, 2.24) is 24.9 Å². The second kappa shape index (κ2) is 6.80. The molecule has 1 aliphatic carbocycles. The highest BCUT2D eigenvalue weighted by Gasteiger charge is 2.49. The standard InChI is InChI=1S/C19H18F3N7O2/c20-19(21,22)13-2-6-29-17(27-13)14(15(23)30)16(28-29)26-11-9-24-4-1-12(11)31-10-7-18(8-10)3-5-25-18/h1-2,4,6,9-10,25H,3,5,7-8H2,(H2,23,30)(H,26,28). The van der Waals surface area contributed by atoms with Crippen LogP contribution in [0, 0.1) is 0 Å². The molecule has 0 atom stereocenters. The van der Waals surface area contributed by atoms with Crippen LogP contribution in [0.3, 0.4) is 0 Å². The maximum atomic E-state index is 13.0. The SMILES string of the molecule is NC(=O)c1c(Nc2cnccc2OC2CC3(CCN3)C2)nn2ccc(C(F)(F)F)nc12. The molecule has 1 saturated carbocycles. The summed E-state index contributed by atoms with van der Waals surface area (Å²) in [5.74, 6) is -0.513. The normalized spacial score (nSPS) is 22.7. The number of nitrogens with one attached hydrogen (secondary N) is 2. The van der Waals surface area contributed by atoms with Gasteiger partial charge in [-0.2, -0.15) is 13.2 Å². The van der Waals surface area contributed by atoms with Gasteiger partial charge in [0.25, 0.3) is 5.91 Å². The Hall–Kier alpha value is -3.41. The lowest BCUT2D eigenvalue weighted by Gasteiger charge is -2.54. The van der Waals surface area contributed by atoms with E-state index in [0.717, 1.165) is 42.6 Å². The molecule has 4 N–H and O–H groups in total. The number of nitrogens with two attached hydrogens (primary N) is 1. The Morgan fingerprint density at radius 2 is 2.13 bits per heavy atom. The van der Waals surface area contributed by atoms with Crippen molar-refractivity contribution in [2.75, 3.05) is 11.9 Å². The zero-order valence-corrected chi connectivity index (χ0v) is 16.1. The van der Waals surface area contributed by atoms with Crippen molar-refractivity contribution in [1.29, 1.82) is 0 Å². The van der Waals surface area contributed by atoms with E-state index in [1.165, 1.54) is 6.20 Å². The Balaban J connectivity index is 1.45. The van der Waals surface area contributed by atoms with Crippen LogP contribution in [0.15, 0.2) is 30.7 Å². The molecule has 0 unspecified atom stereocenters. The number of hydrogen-bond acceptors (Lipinski definition) is 7. The second-order valence-corrected chi connectivity index (χ2v) is 7.77. The predicted octanol–water partition coefficient (Wildman–Crippen LogP) is 2.26. The molecular formula is C19H18F3N7O2. The fourth-order valence-electron chi connectivity index (χ4n) is 4.01. The maximum absolute atomic E-state index is 13.0. The topological polar surface area (TPSA) is 119 Å². The number of carbonyl (C=O) groups is 1. The predicted molar refractivity (Wildman–Crippen MR) is 103 cm³/mol. The molecule has 1 saturated heterocycles. The molecule has 0 aromatic carbocycles. The van der Waals surface area contributed by atoms with E-state index in [9.17, 15) is 18.0 Å². The van der Waals surface area contributed by atoms with Crippen LogP contribution in [0.1, 0.15) is 35.3 Å². The fraction of sp³-hybridized carbons (Fsp3) is 0.368. The van der Waals surface area contributed by atoms with Crippen LogP contribution < -0.4 is 21.1 Å². The van der Waals surface area contributed by atoms with Gasteiger partial charge in [0, 0.05) is 36.8 Å². The molecule has 2 fully saturated rings. The summed E-state index contributed by atoms with van der Waals surface area (Å²) >= 11 is 0. The molecule has 1 aliphatic heterocycles. The summed E-state index contributed by atoms with van der Waals surface area (Å²) in [6, 6.07) is 2.44. The highest BCUT2D eigenvalue weighted by Crippen LogP contribution is 2.43. The summed E-state index contributed by atoms with van der Waals surface area (Å²) in [5.41, 5.74) is 4.32. The van der Waals surface area contributed by atoms with Crippen LogP contribution in [0.2, 0.25) is 0 Å². The van der Waals surface area contributed by atoms with E-state index in [2.05, 4.69) is 25.7 Å². The summed E-state index contributed by atoms with van der Waals surface area (Å²) in [7, 11) is 0. The first-order valence-corrected chi connectivity index (χ1v) is 9.63. The summed E-state index contributed by atoms with van der Waals surface area (Å²) in [6.07, 6.45) is 2.38. The molecule has 0 radical (unpaired) electrons. The molecule has 3 aromatic rings. The summed E-state index contributed by atoms with van der Waals surface area (Å²) in [6.45, 7) is 1.02. The number of nitrogens with zero attached hydrogens (tertiary/aromatic N) is 4. The lowest BCUT2D eigenvalue weighted by Crippen LogP contribution is -2.67. The van der Waals surface area contributed by atoms with Crippen LogP contribution in [0.4, 0.5) is 24.7 Å². The number of ether oxygens (including phenoxy) is 1. The van der Waals surface area contributed by atoms with Gasteiger partial charge in [-0.25, -0.2) is 9.50 Å². The third-order valence-corrected chi connectivity index (χ3v) is 5.69. The first kappa shape index (κ1) is 19.5. The first-order valence-electron chi connectivity index (χ1n) is 9.63. The fourth-order valence-corrected chi connectivity index (χ4v) is 4.01. The number of anilines is 2. The lowest BCUT2D eigenvalue weighted by atomic mass is 9.68. The minimum Gasteiger partial charge on any atom is -0.488 e. The largest absolute Gasteiger partial charge is 0.488 e. The van der Waals surface area contributed by atoms with Crippen molar-refractivity contribution < 1.29 is 22.7 Å². The number of halogens is 3. The van der Waals surface area contributed by atoms with E-state index >= 15 is 0 Å². The average molecular weight is 433 g/mol. The first-order chi connectivity index (χ1) is 14.7. The van der Waals surface area contributed by atoms with E-state index in [4.69, 9.17) is 10.5 Å². The van der Waals surface area contributed by atoms with E-state index in [1.807, 2.05) is 0 Å². The molecule has 1 amide bonds. The average Bonchev–Trinajstić information content (AvgIpc) is 3.00. The van der Waals surface area contributed by atoms with Crippen molar-refractivity contribution in [2.24, 2.45) is 5.73 Å². The Bertz CT molecular complexity index is 1170. The number of carbonyl (C=O) groups excluding carboxylic acids is 1. The molecule has 0 bridgehead atoms. The molecular weight excluding hydrogens is 415 g/mol. The minimum absolute atomic E-state index is 0.0310. The van der Waals surface area contributed by atoms with Crippen LogP contribution in [0.25, 0.3) is 5.65 Å². The Morgan fingerprint density at radius 3 is 2.77 bits per heavy atom. The van der Waals surface area contributed by atoms with Gasteiger partial charge in [0.1, 0.15) is 28.8 Å². The number of rotatable bonds is 5. The lowest BCUT2D eigenvalue weighted by molar-refractivity contribution is -0.141. The number of primary amides is 1. The van der Waals surface area contributed by atoms with Crippen molar-refractivity contribution in [3.8, 4) is 5.75 Å².